The van der Waals surface area contributed by atoms with E-state index in [0.29, 0.717) is 17.5 Å². The molecule has 1 aliphatic carbocycles. The van der Waals surface area contributed by atoms with Crippen molar-refractivity contribution in [2.24, 2.45) is 0 Å². The number of benzene rings is 10. The first-order valence-corrected chi connectivity index (χ1v) is 24.3. The van der Waals surface area contributed by atoms with Gasteiger partial charge in [0, 0.05) is 49.2 Å². The summed E-state index contributed by atoms with van der Waals surface area (Å²) < 4.78 is 9.41. The van der Waals surface area contributed by atoms with Gasteiger partial charge in [-0.15, -0.1) is 0 Å². The largest absolute Gasteiger partial charge is 0.455 e. The van der Waals surface area contributed by atoms with Gasteiger partial charge in [-0.1, -0.05) is 178 Å². The second-order valence-electron chi connectivity index (χ2n) is 19.5. The smallest absolute Gasteiger partial charge is 0.164 e. The summed E-state index contributed by atoms with van der Waals surface area (Å²) in [5.41, 5.74) is 19.6. The predicted octanol–water partition coefficient (Wildman–Crippen LogP) is 17.2. The van der Waals surface area contributed by atoms with E-state index >= 15 is 0 Å². The number of furan rings is 1. The van der Waals surface area contributed by atoms with Gasteiger partial charge in [-0.05, 0) is 110 Å². The zero-order valence-corrected chi connectivity index (χ0v) is 39.0. The van der Waals surface area contributed by atoms with Crippen molar-refractivity contribution in [3.05, 3.63) is 230 Å². The molecule has 15 rings (SSSR count). The van der Waals surface area contributed by atoms with Crippen LogP contribution in [0.5, 0.6) is 0 Å². The third kappa shape index (κ3) is 5.90. The number of para-hydroxylation sites is 2. The molecule has 71 heavy (non-hydrogen) atoms. The van der Waals surface area contributed by atoms with Gasteiger partial charge in [0.15, 0.2) is 17.5 Å². The number of nitrogens with zero attached hydrogens (tertiary/aromatic N) is 4. The Morgan fingerprint density at radius 3 is 1.58 bits per heavy atom. The van der Waals surface area contributed by atoms with Crippen LogP contribution in [-0.4, -0.2) is 19.4 Å². The molecule has 14 aromatic rings. The van der Waals surface area contributed by atoms with Crippen LogP contribution in [0.3, 0.4) is 0 Å². The topological polar surface area (TPSA) is 56.2 Å². The first kappa shape index (κ1) is 39.8. The van der Waals surface area contributed by atoms with Crippen LogP contribution in [0.4, 0.5) is 0 Å². The molecule has 0 radical (unpaired) electrons. The molecule has 10 aromatic carbocycles. The van der Waals surface area contributed by atoms with Crippen molar-refractivity contribution in [2.75, 3.05) is 0 Å². The van der Waals surface area contributed by atoms with Crippen molar-refractivity contribution in [3.8, 4) is 78.7 Å². The summed E-state index contributed by atoms with van der Waals surface area (Å²) in [6, 6.07) is 78.2. The Morgan fingerprint density at radius 2 is 0.873 bits per heavy atom. The molecule has 0 atom stereocenters. The van der Waals surface area contributed by atoms with Gasteiger partial charge in [-0.25, -0.2) is 15.0 Å². The maximum absolute atomic E-state index is 6.97. The van der Waals surface area contributed by atoms with Gasteiger partial charge in [0.25, 0.3) is 0 Å². The minimum atomic E-state index is -0.180. The fourth-order valence-electron chi connectivity index (χ4n) is 11.8. The summed E-state index contributed by atoms with van der Waals surface area (Å²) in [6.07, 6.45) is 0. The fraction of sp³-hybridized carbons (Fsp3) is 0.0455. The standard InChI is InChI=1S/C66H42N4O/c1-66(2)54-22-12-9-19-48(54)49-30-29-43(38-55(49)66)64-67-63(68-65(69-64)46-36-44(39-15-5-3-6-16-39)35-45(37-46)40-17-7-4-8-18-40)42-27-25-41(26-28-42)47-31-32-52-50-20-10-13-23-56(50)70-57-24-14-11-21-51(57)53-33-34-58-60(61(53)70)59(52)62(47)71-58/h3-38H,1-2H3. The van der Waals surface area contributed by atoms with E-state index in [-0.39, 0.29) is 5.41 Å². The van der Waals surface area contributed by atoms with Crippen molar-refractivity contribution in [1.82, 2.24) is 19.4 Å². The minimum Gasteiger partial charge on any atom is -0.455 e. The van der Waals surface area contributed by atoms with Crippen LogP contribution in [0.2, 0.25) is 0 Å². The van der Waals surface area contributed by atoms with Crippen molar-refractivity contribution < 1.29 is 4.42 Å². The highest BCUT2D eigenvalue weighted by Gasteiger charge is 2.35. The zero-order valence-electron chi connectivity index (χ0n) is 39.0. The minimum absolute atomic E-state index is 0.180. The first-order chi connectivity index (χ1) is 34.9. The van der Waals surface area contributed by atoms with Crippen LogP contribution in [0.15, 0.2) is 223 Å². The van der Waals surface area contributed by atoms with E-state index in [0.717, 1.165) is 72.0 Å². The Balaban J connectivity index is 0.912. The second-order valence-corrected chi connectivity index (χ2v) is 19.5. The van der Waals surface area contributed by atoms with Gasteiger partial charge in [0.05, 0.1) is 21.9 Å². The molecule has 0 spiro atoms. The number of fused-ring (bicyclic) bond motifs is 9. The molecule has 4 aromatic heterocycles. The SMILES string of the molecule is CC1(C)c2ccccc2-c2ccc(-c3nc(-c4ccc(-c5ccc6c7ccccc7n7c8ccccc8c8ccc9oc5c6c9c87)cc4)nc(-c4cc(-c5ccccc5)cc(-c5ccccc5)c4)n3)cc21. The zero-order chi connectivity index (χ0) is 47.0. The third-order valence-corrected chi connectivity index (χ3v) is 15.2. The summed E-state index contributed by atoms with van der Waals surface area (Å²) in [7, 11) is 0. The average Bonchev–Trinajstić information content (AvgIpc) is 4.04. The molecule has 1 aliphatic rings. The Labute approximate surface area is 409 Å². The molecule has 0 saturated heterocycles. The van der Waals surface area contributed by atoms with Crippen LogP contribution >= 0.6 is 0 Å². The van der Waals surface area contributed by atoms with Crippen LogP contribution < -0.4 is 0 Å². The van der Waals surface area contributed by atoms with Crippen LogP contribution in [0, 0.1) is 0 Å². The van der Waals surface area contributed by atoms with Gasteiger partial charge in [0.1, 0.15) is 11.2 Å². The van der Waals surface area contributed by atoms with Crippen LogP contribution in [0.25, 0.3) is 139 Å². The molecule has 0 unspecified atom stereocenters. The molecule has 332 valence electrons. The first-order valence-electron chi connectivity index (χ1n) is 24.3. The summed E-state index contributed by atoms with van der Waals surface area (Å²) >= 11 is 0. The Morgan fingerprint density at radius 1 is 0.352 bits per heavy atom. The van der Waals surface area contributed by atoms with Gasteiger partial charge in [-0.3, -0.25) is 0 Å². The normalized spacial score (nSPS) is 13.0. The number of rotatable bonds is 6. The summed E-state index contributed by atoms with van der Waals surface area (Å²) in [4.78, 5) is 16.0. The van der Waals surface area contributed by atoms with E-state index in [4.69, 9.17) is 19.4 Å². The van der Waals surface area contributed by atoms with Gasteiger partial charge < -0.3 is 8.82 Å². The molecule has 4 heterocycles. The van der Waals surface area contributed by atoms with Crippen LogP contribution in [-0.2, 0) is 5.41 Å². The van der Waals surface area contributed by atoms with E-state index in [1.807, 2.05) is 0 Å². The number of hydrogen-bond donors (Lipinski definition) is 0. The lowest BCUT2D eigenvalue weighted by Gasteiger charge is -2.21. The van der Waals surface area contributed by atoms with E-state index in [2.05, 4.69) is 237 Å². The predicted molar refractivity (Wildman–Crippen MR) is 292 cm³/mol. The molecular formula is C66H42N4O. The lowest BCUT2D eigenvalue weighted by atomic mass is 9.82. The summed E-state index contributed by atoms with van der Waals surface area (Å²) in [6.45, 7) is 4.62. The monoisotopic (exact) mass is 906 g/mol. The van der Waals surface area contributed by atoms with E-state index in [1.165, 1.54) is 60.3 Å². The number of hydrogen-bond acceptors (Lipinski definition) is 4. The molecule has 5 heteroatoms. The lowest BCUT2D eigenvalue weighted by Crippen LogP contribution is -2.15. The Kier molecular flexibility index (Phi) is 8.35. The molecular weight excluding hydrogens is 865 g/mol. The van der Waals surface area contributed by atoms with E-state index < -0.39 is 0 Å². The van der Waals surface area contributed by atoms with Gasteiger partial charge in [-0.2, -0.15) is 0 Å². The van der Waals surface area contributed by atoms with Crippen molar-refractivity contribution in [2.45, 2.75) is 19.3 Å². The summed E-state index contributed by atoms with van der Waals surface area (Å²) in [5, 5.41) is 7.10. The maximum Gasteiger partial charge on any atom is 0.164 e. The summed E-state index contributed by atoms with van der Waals surface area (Å²) in [5.74, 6) is 1.85. The molecule has 0 bridgehead atoms. The van der Waals surface area contributed by atoms with Crippen LogP contribution in [0.1, 0.15) is 25.0 Å². The average molecular weight is 907 g/mol. The molecule has 0 fully saturated rings. The highest BCUT2D eigenvalue weighted by atomic mass is 16.3. The Hall–Kier alpha value is -9.19. The maximum atomic E-state index is 6.97. The third-order valence-electron chi connectivity index (χ3n) is 15.2. The highest BCUT2D eigenvalue weighted by molar-refractivity contribution is 6.33. The van der Waals surface area contributed by atoms with Crippen molar-refractivity contribution in [1.29, 1.82) is 0 Å². The van der Waals surface area contributed by atoms with Crippen molar-refractivity contribution >= 4 is 60.0 Å². The van der Waals surface area contributed by atoms with Gasteiger partial charge in [0.2, 0.25) is 0 Å². The van der Waals surface area contributed by atoms with Crippen molar-refractivity contribution in [3.63, 3.8) is 0 Å². The van der Waals surface area contributed by atoms with E-state index in [9.17, 15) is 0 Å². The molecule has 0 amide bonds. The molecule has 0 N–H and O–H groups in total. The molecule has 0 saturated carbocycles. The Bertz CT molecular complexity index is 4410. The lowest BCUT2D eigenvalue weighted by molar-refractivity contribution is 0.660. The molecule has 0 aliphatic heterocycles. The fourth-order valence-corrected chi connectivity index (χ4v) is 11.8. The highest BCUT2D eigenvalue weighted by Crippen LogP contribution is 2.50. The quantitative estimate of drug-likeness (QED) is 0.167. The van der Waals surface area contributed by atoms with E-state index in [1.54, 1.807) is 0 Å². The second kappa shape index (κ2) is 14.9. The van der Waals surface area contributed by atoms with Gasteiger partial charge >= 0.3 is 0 Å². The number of aromatic nitrogens is 4. The molecule has 5 nitrogen and oxygen atoms in total.